The zero-order valence-electron chi connectivity index (χ0n) is 27.6. The smallest absolute Gasteiger partial charge is 0.234 e. The van der Waals surface area contributed by atoms with Gasteiger partial charge < -0.3 is 9.88 Å². The van der Waals surface area contributed by atoms with Gasteiger partial charge in [-0.05, 0) is 79.3 Å². The fraction of sp³-hybridized carbons (Fsp3) is 0.385. The average Bonchev–Trinajstić information content (AvgIpc) is 3.47. The molecule has 0 bridgehead atoms. The molecule has 1 aromatic heterocycles. The molecule has 0 saturated carbocycles. The number of benzene rings is 3. The lowest BCUT2D eigenvalue weighted by Crippen LogP contribution is -2.44. The molecule has 3 aliphatic rings. The Bertz CT molecular complexity index is 1970. The van der Waals surface area contributed by atoms with Gasteiger partial charge in [-0.15, -0.1) is 0 Å². The number of ketones is 1. The van der Waals surface area contributed by atoms with Gasteiger partial charge in [0.15, 0.2) is 5.78 Å². The van der Waals surface area contributed by atoms with E-state index in [9.17, 15) is 19.6 Å². The van der Waals surface area contributed by atoms with Gasteiger partial charge in [-0.3, -0.25) is 24.6 Å². The Kier molecular flexibility index (Phi) is 7.76. The zero-order chi connectivity index (χ0) is 33.0. The minimum atomic E-state index is -0.417. The monoisotopic (exact) mass is 627 g/mol. The second-order valence-electron chi connectivity index (χ2n) is 13.9. The molecular weight excluding hydrogens is 586 g/mol. The predicted octanol–water partition coefficient (Wildman–Crippen LogP) is 6.09. The largest absolute Gasteiger partial charge is 0.371 e. The molecule has 2 fully saturated rings. The van der Waals surface area contributed by atoms with Crippen molar-refractivity contribution in [2.75, 3.05) is 25.0 Å². The number of hydrogen-bond donors (Lipinski definition) is 2. The van der Waals surface area contributed by atoms with Gasteiger partial charge in [-0.2, -0.15) is 5.26 Å². The third-order valence-electron chi connectivity index (χ3n) is 10.8. The van der Waals surface area contributed by atoms with Crippen LogP contribution in [-0.2, 0) is 28.0 Å². The summed E-state index contributed by atoms with van der Waals surface area (Å²) in [7, 11) is 2.17. The van der Waals surface area contributed by atoms with Crippen molar-refractivity contribution in [3.05, 3.63) is 99.2 Å². The van der Waals surface area contributed by atoms with Gasteiger partial charge >= 0.3 is 0 Å². The first kappa shape index (κ1) is 30.9. The number of fused-ring (bicyclic) bond motifs is 4. The van der Waals surface area contributed by atoms with E-state index in [0.717, 1.165) is 83.3 Å². The molecule has 8 heteroatoms. The number of imide groups is 1. The standard InChI is InChI=1S/C39H41N5O3/c1-5-24-19-30-31(39(2,3)37-35(36(30)46)29-11-10-23(21-40)18-32(29)41-37)20-33(24)44-16-14-26(15-17-44)43(4)22-25-8-6-7-9-27(25)28-12-13-34(45)42-38(28)47/h6-11,18-20,26,28,41H,5,12-17,22H2,1-4H3,(H,42,45,47). The molecule has 3 heterocycles. The maximum absolute atomic E-state index is 14.1. The van der Waals surface area contributed by atoms with E-state index in [-0.39, 0.29) is 23.5 Å². The quantitative estimate of drug-likeness (QED) is 0.250. The number of H-pyrrole nitrogens is 1. The van der Waals surface area contributed by atoms with Crippen molar-refractivity contribution in [1.82, 2.24) is 15.2 Å². The number of nitrogens with zero attached hydrogens (tertiary/aromatic N) is 3. The van der Waals surface area contributed by atoms with E-state index in [4.69, 9.17) is 0 Å². The molecule has 0 radical (unpaired) electrons. The Morgan fingerprint density at radius 3 is 2.49 bits per heavy atom. The van der Waals surface area contributed by atoms with Crippen LogP contribution in [0.5, 0.6) is 0 Å². The van der Waals surface area contributed by atoms with Gasteiger partial charge in [0.1, 0.15) is 0 Å². The van der Waals surface area contributed by atoms with Crippen LogP contribution in [0.25, 0.3) is 10.9 Å². The molecular formula is C39H41N5O3. The minimum absolute atomic E-state index is 0.0458. The zero-order valence-corrected chi connectivity index (χ0v) is 27.6. The van der Waals surface area contributed by atoms with E-state index in [1.807, 2.05) is 30.3 Å². The molecule has 2 aliphatic heterocycles. The second kappa shape index (κ2) is 11.8. The van der Waals surface area contributed by atoms with Crippen LogP contribution in [0.4, 0.5) is 5.69 Å². The maximum atomic E-state index is 14.1. The van der Waals surface area contributed by atoms with Crippen molar-refractivity contribution in [2.24, 2.45) is 0 Å². The SMILES string of the molecule is CCc1cc2c(cc1N1CCC(N(C)Cc3ccccc3C3CCC(=O)NC3=O)CC1)C(C)(C)c1[nH]c3cc(C#N)ccc3c1C2=O. The lowest BCUT2D eigenvalue weighted by molar-refractivity contribution is -0.134. The third-order valence-corrected chi connectivity index (χ3v) is 10.8. The van der Waals surface area contributed by atoms with Crippen LogP contribution in [0.1, 0.15) is 102 Å². The molecule has 3 aromatic carbocycles. The summed E-state index contributed by atoms with van der Waals surface area (Å²) in [6.07, 6.45) is 3.77. The number of rotatable bonds is 6. The van der Waals surface area contributed by atoms with E-state index in [1.54, 1.807) is 6.07 Å². The highest BCUT2D eigenvalue weighted by molar-refractivity contribution is 6.20. The highest BCUT2D eigenvalue weighted by Crippen LogP contribution is 2.46. The number of aryl methyl sites for hydroxylation is 1. The number of carbonyl (C=O) groups excluding carboxylic acids is 3. The van der Waals surface area contributed by atoms with Gasteiger partial charge in [-0.25, -0.2) is 0 Å². The normalized spacial score (nSPS) is 19.4. The summed E-state index contributed by atoms with van der Waals surface area (Å²) in [5.74, 6) is -0.627. The van der Waals surface area contributed by atoms with Gasteiger partial charge in [-0.1, -0.05) is 51.1 Å². The van der Waals surface area contributed by atoms with E-state index in [0.29, 0.717) is 24.4 Å². The van der Waals surface area contributed by atoms with Gasteiger partial charge in [0.25, 0.3) is 0 Å². The Morgan fingerprint density at radius 1 is 1.00 bits per heavy atom. The summed E-state index contributed by atoms with van der Waals surface area (Å²) < 4.78 is 0. The van der Waals surface area contributed by atoms with Gasteiger partial charge in [0.05, 0.1) is 23.1 Å². The van der Waals surface area contributed by atoms with Crippen molar-refractivity contribution in [1.29, 1.82) is 5.26 Å². The molecule has 1 unspecified atom stereocenters. The molecule has 4 aromatic rings. The van der Waals surface area contributed by atoms with Crippen LogP contribution < -0.4 is 10.2 Å². The average molecular weight is 628 g/mol. The fourth-order valence-corrected chi connectivity index (χ4v) is 8.11. The Morgan fingerprint density at radius 2 is 1.77 bits per heavy atom. The molecule has 2 saturated heterocycles. The molecule has 47 heavy (non-hydrogen) atoms. The van der Waals surface area contributed by atoms with Crippen LogP contribution in [0.3, 0.4) is 0 Å². The number of nitriles is 1. The number of nitrogens with one attached hydrogen (secondary N) is 2. The molecule has 2 N–H and O–H groups in total. The van der Waals surface area contributed by atoms with E-state index < -0.39 is 5.41 Å². The topological polar surface area (TPSA) is 109 Å². The first-order valence-electron chi connectivity index (χ1n) is 16.8. The number of carbonyl (C=O) groups is 3. The summed E-state index contributed by atoms with van der Waals surface area (Å²) in [6, 6.07) is 20.7. The summed E-state index contributed by atoms with van der Waals surface area (Å²) in [6.45, 7) is 9.10. The van der Waals surface area contributed by atoms with Crippen molar-refractivity contribution in [3.8, 4) is 6.07 Å². The molecule has 2 amide bonds. The van der Waals surface area contributed by atoms with Crippen molar-refractivity contribution >= 4 is 34.2 Å². The summed E-state index contributed by atoms with van der Waals surface area (Å²) >= 11 is 0. The Balaban J connectivity index is 1.11. The number of hydrogen-bond acceptors (Lipinski definition) is 6. The van der Waals surface area contributed by atoms with Crippen molar-refractivity contribution in [3.63, 3.8) is 0 Å². The van der Waals surface area contributed by atoms with E-state index in [1.165, 1.54) is 11.3 Å². The van der Waals surface area contributed by atoms with Crippen LogP contribution in [0.2, 0.25) is 0 Å². The van der Waals surface area contributed by atoms with Crippen LogP contribution >= 0.6 is 0 Å². The maximum Gasteiger partial charge on any atom is 0.234 e. The van der Waals surface area contributed by atoms with Crippen LogP contribution in [-0.4, -0.2) is 53.7 Å². The molecule has 8 nitrogen and oxygen atoms in total. The number of aromatic nitrogens is 1. The second-order valence-corrected chi connectivity index (χ2v) is 13.9. The van der Waals surface area contributed by atoms with Crippen LogP contribution in [0, 0.1) is 11.3 Å². The molecule has 240 valence electrons. The summed E-state index contributed by atoms with van der Waals surface area (Å²) in [4.78, 5) is 46.9. The molecule has 7 rings (SSSR count). The highest BCUT2D eigenvalue weighted by Gasteiger charge is 2.41. The highest BCUT2D eigenvalue weighted by atomic mass is 16.2. The number of aromatic amines is 1. The first-order valence-corrected chi connectivity index (χ1v) is 16.8. The number of amides is 2. The summed E-state index contributed by atoms with van der Waals surface area (Å²) in [5, 5.41) is 12.8. The van der Waals surface area contributed by atoms with Crippen LogP contribution in [0.15, 0.2) is 54.6 Å². The lowest BCUT2D eigenvalue weighted by atomic mass is 9.70. The molecule has 1 aliphatic carbocycles. The number of anilines is 1. The first-order chi connectivity index (χ1) is 22.6. The lowest BCUT2D eigenvalue weighted by Gasteiger charge is -2.40. The summed E-state index contributed by atoms with van der Waals surface area (Å²) in [5.41, 5.74) is 8.98. The predicted molar refractivity (Wildman–Crippen MR) is 183 cm³/mol. The molecule has 1 atom stereocenters. The van der Waals surface area contributed by atoms with E-state index in [2.05, 4.69) is 72.2 Å². The van der Waals surface area contributed by atoms with Gasteiger partial charge in [0, 0.05) is 65.4 Å². The van der Waals surface area contributed by atoms with Crippen molar-refractivity contribution < 1.29 is 14.4 Å². The van der Waals surface area contributed by atoms with Gasteiger partial charge in [0.2, 0.25) is 11.8 Å². The number of piperidine rings is 2. The molecule has 0 spiro atoms. The van der Waals surface area contributed by atoms with E-state index >= 15 is 0 Å². The Labute approximate surface area is 275 Å². The third kappa shape index (κ3) is 5.23. The Hall–Kier alpha value is -4.74. The fourth-order valence-electron chi connectivity index (χ4n) is 8.11. The minimum Gasteiger partial charge on any atom is -0.371 e. The van der Waals surface area contributed by atoms with Crippen molar-refractivity contribution in [2.45, 2.75) is 76.8 Å².